The lowest BCUT2D eigenvalue weighted by Crippen LogP contribution is -2.41. The van der Waals surface area contributed by atoms with Crippen molar-refractivity contribution >= 4 is 17.4 Å². The highest BCUT2D eigenvalue weighted by Crippen LogP contribution is 2.37. The second kappa shape index (κ2) is 5.39. The van der Waals surface area contributed by atoms with E-state index in [-0.39, 0.29) is 23.1 Å². The van der Waals surface area contributed by atoms with E-state index in [1.54, 1.807) is 0 Å². The van der Waals surface area contributed by atoms with E-state index < -0.39 is 0 Å². The zero-order valence-electron chi connectivity index (χ0n) is 12.8. The van der Waals surface area contributed by atoms with Gasteiger partial charge in [-0.25, -0.2) is 0 Å². The molecule has 1 amide bonds. The number of benzene rings is 1. The van der Waals surface area contributed by atoms with Crippen LogP contribution in [0.2, 0.25) is 0 Å². The van der Waals surface area contributed by atoms with Crippen LogP contribution in [-0.4, -0.2) is 17.7 Å². The van der Waals surface area contributed by atoms with Gasteiger partial charge >= 0.3 is 0 Å². The van der Waals surface area contributed by atoms with Gasteiger partial charge in [0.1, 0.15) is 0 Å². The number of carbonyl (C=O) groups is 2. The lowest BCUT2D eigenvalue weighted by atomic mass is 9.85. The molecule has 1 aliphatic rings. The molecule has 0 radical (unpaired) electrons. The third kappa shape index (κ3) is 2.77. The van der Waals surface area contributed by atoms with E-state index in [9.17, 15) is 9.59 Å². The van der Waals surface area contributed by atoms with Crippen molar-refractivity contribution in [3.63, 3.8) is 0 Å². The molecule has 0 saturated carbocycles. The minimum atomic E-state index is 0.0386. The van der Waals surface area contributed by atoms with Gasteiger partial charge in [0.2, 0.25) is 5.91 Å². The average Bonchev–Trinajstić information content (AvgIpc) is 2.80. The molecule has 0 aromatic heterocycles. The van der Waals surface area contributed by atoms with Crippen molar-refractivity contribution in [2.24, 2.45) is 5.41 Å². The standard InChI is InChI=1S/C17H23NO2/c1-5-14(19)12-7-6-8-13(11-12)18-15(17(2,3)4)9-10-16(18)20/h6-8,11,15H,5,9-10H2,1-4H3. The minimum Gasteiger partial charge on any atom is -0.309 e. The first-order chi connectivity index (χ1) is 9.34. The lowest BCUT2D eigenvalue weighted by Gasteiger charge is -2.35. The summed E-state index contributed by atoms with van der Waals surface area (Å²) in [5.74, 6) is 0.275. The summed E-state index contributed by atoms with van der Waals surface area (Å²) in [6, 6.07) is 7.66. The van der Waals surface area contributed by atoms with E-state index in [2.05, 4.69) is 20.8 Å². The summed E-state index contributed by atoms with van der Waals surface area (Å²) in [4.78, 5) is 25.9. The van der Waals surface area contributed by atoms with Crippen molar-refractivity contribution in [3.05, 3.63) is 29.8 Å². The van der Waals surface area contributed by atoms with E-state index in [0.717, 1.165) is 12.1 Å². The number of hydrogen-bond donors (Lipinski definition) is 0. The van der Waals surface area contributed by atoms with Gasteiger partial charge in [-0.05, 0) is 24.0 Å². The highest BCUT2D eigenvalue weighted by Gasteiger charge is 2.39. The van der Waals surface area contributed by atoms with Gasteiger partial charge in [-0.1, -0.05) is 39.8 Å². The third-order valence-electron chi connectivity index (χ3n) is 3.98. The zero-order valence-corrected chi connectivity index (χ0v) is 12.8. The van der Waals surface area contributed by atoms with Gasteiger partial charge in [0.25, 0.3) is 0 Å². The fourth-order valence-electron chi connectivity index (χ4n) is 2.86. The largest absolute Gasteiger partial charge is 0.309 e. The predicted molar refractivity (Wildman–Crippen MR) is 81.0 cm³/mol. The molecule has 0 spiro atoms. The number of hydrogen-bond acceptors (Lipinski definition) is 2. The molecule has 0 bridgehead atoms. The predicted octanol–water partition coefficient (Wildman–Crippen LogP) is 3.82. The normalized spacial score (nSPS) is 19.5. The van der Waals surface area contributed by atoms with Crippen molar-refractivity contribution in [2.75, 3.05) is 4.90 Å². The minimum absolute atomic E-state index is 0.0386. The van der Waals surface area contributed by atoms with Gasteiger partial charge < -0.3 is 4.90 Å². The van der Waals surface area contributed by atoms with Crippen molar-refractivity contribution in [1.29, 1.82) is 0 Å². The first-order valence-electron chi connectivity index (χ1n) is 7.30. The molecule has 1 heterocycles. The molecule has 1 aliphatic heterocycles. The summed E-state index contributed by atoms with van der Waals surface area (Å²) in [5, 5.41) is 0. The van der Waals surface area contributed by atoms with Crippen LogP contribution in [0.5, 0.6) is 0 Å². The fraction of sp³-hybridized carbons (Fsp3) is 0.529. The summed E-state index contributed by atoms with van der Waals surface area (Å²) in [5.41, 5.74) is 1.58. The molecule has 3 heteroatoms. The Bertz CT molecular complexity index is 528. The average molecular weight is 273 g/mol. The third-order valence-corrected chi connectivity index (χ3v) is 3.98. The van der Waals surface area contributed by atoms with Crippen LogP contribution < -0.4 is 4.90 Å². The van der Waals surface area contributed by atoms with Crippen molar-refractivity contribution in [2.45, 2.75) is 53.0 Å². The monoisotopic (exact) mass is 273 g/mol. The molecular weight excluding hydrogens is 250 g/mol. The first kappa shape index (κ1) is 14.8. The fourth-order valence-corrected chi connectivity index (χ4v) is 2.86. The molecule has 1 aromatic carbocycles. The number of anilines is 1. The van der Waals surface area contributed by atoms with E-state index >= 15 is 0 Å². The molecule has 1 atom stereocenters. The highest BCUT2D eigenvalue weighted by atomic mass is 16.2. The van der Waals surface area contributed by atoms with Gasteiger partial charge in [-0.2, -0.15) is 0 Å². The van der Waals surface area contributed by atoms with Crippen LogP contribution in [0.3, 0.4) is 0 Å². The van der Waals surface area contributed by atoms with Crippen molar-refractivity contribution in [1.82, 2.24) is 0 Å². The number of carbonyl (C=O) groups excluding carboxylic acids is 2. The van der Waals surface area contributed by atoms with Crippen LogP contribution in [0.4, 0.5) is 5.69 Å². The molecule has 1 aromatic rings. The number of Topliss-reactive ketones (excluding diaryl/α,β-unsaturated/α-hetero) is 1. The smallest absolute Gasteiger partial charge is 0.227 e. The van der Waals surface area contributed by atoms with E-state index in [4.69, 9.17) is 0 Å². The van der Waals surface area contributed by atoms with E-state index in [1.807, 2.05) is 36.1 Å². The number of amides is 1. The summed E-state index contributed by atoms with van der Waals surface area (Å²) in [6.07, 6.45) is 1.96. The Morgan fingerprint density at radius 1 is 1.35 bits per heavy atom. The second-order valence-electron chi connectivity index (χ2n) is 6.51. The summed E-state index contributed by atoms with van der Waals surface area (Å²) in [6.45, 7) is 8.33. The molecule has 1 saturated heterocycles. The topological polar surface area (TPSA) is 37.4 Å². The number of ketones is 1. The second-order valence-corrected chi connectivity index (χ2v) is 6.51. The van der Waals surface area contributed by atoms with E-state index in [0.29, 0.717) is 18.4 Å². The Kier molecular flexibility index (Phi) is 3.98. The summed E-state index contributed by atoms with van der Waals surface area (Å²) >= 11 is 0. The van der Waals surface area contributed by atoms with Crippen LogP contribution >= 0.6 is 0 Å². The number of rotatable bonds is 3. The summed E-state index contributed by atoms with van der Waals surface area (Å²) in [7, 11) is 0. The maximum atomic E-state index is 12.2. The van der Waals surface area contributed by atoms with Gasteiger partial charge in [-0.3, -0.25) is 9.59 Å². The molecule has 108 valence electrons. The Labute approximate surface area is 121 Å². The Balaban J connectivity index is 2.38. The molecule has 20 heavy (non-hydrogen) atoms. The Hall–Kier alpha value is -1.64. The van der Waals surface area contributed by atoms with Crippen LogP contribution in [0.25, 0.3) is 0 Å². The Morgan fingerprint density at radius 3 is 2.65 bits per heavy atom. The molecule has 0 N–H and O–H groups in total. The molecule has 1 unspecified atom stereocenters. The van der Waals surface area contributed by atoms with Crippen LogP contribution in [0, 0.1) is 5.41 Å². The lowest BCUT2D eigenvalue weighted by molar-refractivity contribution is -0.117. The summed E-state index contributed by atoms with van der Waals surface area (Å²) < 4.78 is 0. The first-order valence-corrected chi connectivity index (χ1v) is 7.30. The van der Waals surface area contributed by atoms with Gasteiger partial charge in [0.05, 0.1) is 0 Å². The Morgan fingerprint density at radius 2 is 2.05 bits per heavy atom. The van der Waals surface area contributed by atoms with Crippen molar-refractivity contribution in [3.8, 4) is 0 Å². The van der Waals surface area contributed by atoms with E-state index in [1.165, 1.54) is 0 Å². The maximum Gasteiger partial charge on any atom is 0.227 e. The number of nitrogens with zero attached hydrogens (tertiary/aromatic N) is 1. The molecule has 3 nitrogen and oxygen atoms in total. The van der Waals surface area contributed by atoms with Crippen LogP contribution in [-0.2, 0) is 4.79 Å². The van der Waals surface area contributed by atoms with Gasteiger partial charge in [-0.15, -0.1) is 0 Å². The quantitative estimate of drug-likeness (QED) is 0.785. The van der Waals surface area contributed by atoms with Gasteiger partial charge in [0.15, 0.2) is 5.78 Å². The molecule has 2 rings (SSSR count). The molecule has 0 aliphatic carbocycles. The molecular formula is C17H23NO2. The highest BCUT2D eigenvalue weighted by molar-refractivity contribution is 6.00. The van der Waals surface area contributed by atoms with Gasteiger partial charge in [0, 0.05) is 30.1 Å². The zero-order chi connectivity index (χ0) is 14.9. The maximum absolute atomic E-state index is 12.2. The van der Waals surface area contributed by atoms with Crippen LogP contribution in [0.15, 0.2) is 24.3 Å². The SMILES string of the molecule is CCC(=O)c1cccc(N2C(=O)CCC2C(C)(C)C)c1. The van der Waals surface area contributed by atoms with Crippen molar-refractivity contribution < 1.29 is 9.59 Å². The van der Waals surface area contributed by atoms with Crippen LogP contribution in [0.1, 0.15) is 57.3 Å². The molecule has 1 fully saturated rings.